The van der Waals surface area contributed by atoms with Gasteiger partial charge in [0.15, 0.2) is 0 Å². The Balaban J connectivity index is 1.49. The fourth-order valence-electron chi connectivity index (χ4n) is 4.20. The lowest BCUT2D eigenvalue weighted by atomic mass is 9.99. The minimum atomic E-state index is -0.930. The molecule has 3 heterocycles. The summed E-state index contributed by atoms with van der Waals surface area (Å²) >= 11 is 0. The molecule has 148 valence electrons. The van der Waals surface area contributed by atoms with Crippen LogP contribution in [0.4, 0.5) is 0 Å². The van der Waals surface area contributed by atoms with Gasteiger partial charge in [0.2, 0.25) is 11.8 Å². The van der Waals surface area contributed by atoms with Crippen molar-refractivity contribution in [2.45, 2.75) is 57.3 Å². The van der Waals surface area contributed by atoms with Crippen LogP contribution in [0.3, 0.4) is 0 Å². The molecule has 1 aromatic rings. The summed E-state index contributed by atoms with van der Waals surface area (Å²) in [6.45, 7) is 3.79. The maximum atomic E-state index is 12.9. The number of hydrogen-bond donors (Lipinski definition) is 3. The van der Waals surface area contributed by atoms with Crippen molar-refractivity contribution in [3.63, 3.8) is 0 Å². The lowest BCUT2D eigenvalue weighted by Crippen LogP contribution is -2.54. The van der Waals surface area contributed by atoms with Crippen molar-refractivity contribution in [1.29, 1.82) is 0 Å². The number of nitrogens with one attached hydrogen (secondary N) is 3. The van der Waals surface area contributed by atoms with Crippen molar-refractivity contribution in [1.82, 2.24) is 20.9 Å². The van der Waals surface area contributed by atoms with Gasteiger partial charge in [-0.3, -0.25) is 29.4 Å². The first-order valence-electron chi connectivity index (χ1n) is 9.77. The summed E-state index contributed by atoms with van der Waals surface area (Å²) in [4.78, 5) is 50.0. The second-order valence-corrected chi connectivity index (χ2v) is 7.70. The van der Waals surface area contributed by atoms with E-state index in [0.717, 1.165) is 29.8 Å². The number of benzene rings is 1. The molecule has 2 saturated heterocycles. The number of nitrogens with zero attached hydrogens (tertiary/aromatic N) is 1. The summed E-state index contributed by atoms with van der Waals surface area (Å²) in [5.41, 5.74) is 1.55. The standard InChI is InChI=1S/C20H24N4O4/c1-11-15(3-2-8-21-11)22-10-12-4-5-13-14(9-12)20(28)24(19(13)27)16-6-7-17(25)23-18(16)26/h4-5,9,11,15-16,21-22H,2-3,6-8,10H2,1H3,(H,23,25,26)/t11-,15-,16?/m0/s1. The van der Waals surface area contributed by atoms with Gasteiger partial charge in [-0.05, 0) is 50.4 Å². The average Bonchev–Trinajstić information content (AvgIpc) is 2.92. The minimum Gasteiger partial charge on any atom is -0.313 e. The second kappa shape index (κ2) is 7.44. The topological polar surface area (TPSA) is 108 Å². The van der Waals surface area contributed by atoms with Gasteiger partial charge in [-0.1, -0.05) is 6.07 Å². The summed E-state index contributed by atoms with van der Waals surface area (Å²) in [6, 6.07) is 5.04. The van der Waals surface area contributed by atoms with Crippen LogP contribution in [0.15, 0.2) is 18.2 Å². The van der Waals surface area contributed by atoms with E-state index in [9.17, 15) is 19.2 Å². The van der Waals surface area contributed by atoms with E-state index in [4.69, 9.17) is 0 Å². The molecule has 1 unspecified atom stereocenters. The largest absolute Gasteiger partial charge is 0.313 e. The fraction of sp³-hybridized carbons (Fsp3) is 0.500. The molecule has 2 fully saturated rings. The van der Waals surface area contributed by atoms with Crippen LogP contribution in [-0.4, -0.2) is 53.2 Å². The number of amides is 4. The predicted octanol–water partition coefficient (Wildman–Crippen LogP) is 0.318. The molecule has 0 aliphatic carbocycles. The molecule has 0 bridgehead atoms. The van der Waals surface area contributed by atoms with E-state index < -0.39 is 23.8 Å². The van der Waals surface area contributed by atoms with Crippen LogP contribution in [0, 0.1) is 0 Å². The van der Waals surface area contributed by atoms with Crippen molar-refractivity contribution in [2.75, 3.05) is 6.54 Å². The van der Waals surface area contributed by atoms with Crippen LogP contribution >= 0.6 is 0 Å². The van der Waals surface area contributed by atoms with Crippen molar-refractivity contribution in [3.8, 4) is 0 Å². The number of fused-ring (bicyclic) bond motifs is 1. The highest BCUT2D eigenvalue weighted by Crippen LogP contribution is 2.28. The first-order chi connectivity index (χ1) is 13.5. The van der Waals surface area contributed by atoms with Crippen LogP contribution in [0.1, 0.15) is 58.9 Å². The Kier molecular flexibility index (Phi) is 4.99. The Morgan fingerprint density at radius 1 is 1.11 bits per heavy atom. The monoisotopic (exact) mass is 384 g/mol. The maximum Gasteiger partial charge on any atom is 0.262 e. The predicted molar refractivity (Wildman–Crippen MR) is 100 cm³/mol. The van der Waals surface area contributed by atoms with Crippen LogP contribution in [0.2, 0.25) is 0 Å². The highest BCUT2D eigenvalue weighted by atomic mass is 16.2. The molecule has 0 aromatic heterocycles. The number of piperidine rings is 2. The van der Waals surface area contributed by atoms with Gasteiger partial charge in [0, 0.05) is 25.0 Å². The molecule has 4 rings (SSSR count). The Hall–Kier alpha value is -2.58. The smallest absolute Gasteiger partial charge is 0.262 e. The zero-order chi connectivity index (χ0) is 19.8. The van der Waals surface area contributed by atoms with Gasteiger partial charge >= 0.3 is 0 Å². The summed E-state index contributed by atoms with van der Waals surface area (Å²) in [7, 11) is 0. The molecular weight excluding hydrogens is 360 g/mol. The third-order valence-corrected chi connectivity index (χ3v) is 5.83. The van der Waals surface area contributed by atoms with Crippen molar-refractivity contribution < 1.29 is 19.2 Å². The lowest BCUT2D eigenvalue weighted by Gasteiger charge is -2.30. The SMILES string of the molecule is C[C@@H]1NCCC[C@@H]1NCc1ccc2c(c1)C(=O)N(C1CCC(=O)NC1=O)C2=O. The number of rotatable bonds is 4. The zero-order valence-electron chi connectivity index (χ0n) is 15.8. The van der Waals surface area contributed by atoms with Gasteiger partial charge in [-0.2, -0.15) is 0 Å². The van der Waals surface area contributed by atoms with Crippen molar-refractivity contribution in [2.24, 2.45) is 0 Å². The van der Waals surface area contributed by atoms with Gasteiger partial charge in [-0.15, -0.1) is 0 Å². The Bertz CT molecular complexity index is 853. The van der Waals surface area contributed by atoms with Crippen LogP contribution in [0.25, 0.3) is 0 Å². The molecule has 3 aliphatic heterocycles. The Morgan fingerprint density at radius 3 is 2.64 bits per heavy atom. The van der Waals surface area contributed by atoms with Gasteiger partial charge in [0.05, 0.1) is 11.1 Å². The van der Waals surface area contributed by atoms with Crippen molar-refractivity contribution in [3.05, 3.63) is 34.9 Å². The van der Waals surface area contributed by atoms with E-state index in [1.165, 1.54) is 0 Å². The minimum absolute atomic E-state index is 0.118. The molecule has 8 heteroatoms. The molecule has 4 amide bonds. The summed E-state index contributed by atoms with van der Waals surface area (Å²) in [5, 5.41) is 9.17. The molecule has 3 aliphatic rings. The lowest BCUT2D eigenvalue weighted by molar-refractivity contribution is -0.136. The number of hydrogen-bond acceptors (Lipinski definition) is 6. The molecule has 28 heavy (non-hydrogen) atoms. The highest BCUT2D eigenvalue weighted by molar-refractivity contribution is 6.23. The summed E-state index contributed by atoms with van der Waals surface area (Å²) in [5.74, 6) is -1.91. The quantitative estimate of drug-likeness (QED) is 0.646. The average molecular weight is 384 g/mol. The Labute approximate surface area is 163 Å². The van der Waals surface area contributed by atoms with Crippen LogP contribution in [0.5, 0.6) is 0 Å². The summed E-state index contributed by atoms with van der Waals surface area (Å²) < 4.78 is 0. The molecule has 3 N–H and O–H groups in total. The molecule has 1 aromatic carbocycles. The van der Waals surface area contributed by atoms with E-state index in [1.807, 2.05) is 6.07 Å². The molecule has 0 spiro atoms. The van der Waals surface area contributed by atoms with E-state index >= 15 is 0 Å². The number of carbonyl (C=O) groups excluding carboxylic acids is 4. The molecule has 0 saturated carbocycles. The maximum absolute atomic E-state index is 12.9. The second-order valence-electron chi connectivity index (χ2n) is 7.70. The fourth-order valence-corrected chi connectivity index (χ4v) is 4.20. The molecule has 8 nitrogen and oxygen atoms in total. The third-order valence-electron chi connectivity index (χ3n) is 5.83. The molecule has 0 radical (unpaired) electrons. The number of imide groups is 2. The van der Waals surface area contributed by atoms with Gasteiger partial charge in [0.25, 0.3) is 11.8 Å². The van der Waals surface area contributed by atoms with E-state index in [0.29, 0.717) is 29.8 Å². The van der Waals surface area contributed by atoms with E-state index in [1.54, 1.807) is 12.1 Å². The number of carbonyl (C=O) groups is 4. The van der Waals surface area contributed by atoms with Crippen LogP contribution < -0.4 is 16.0 Å². The van der Waals surface area contributed by atoms with Crippen LogP contribution in [-0.2, 0) is 16.1 Å². The van der Waals surface area contributed by atoms with Gasteiger partial charge in [0.1, 0.15) is 6.04 Å². The first kappa shape index (κ1) is 18.8. The first-order valence-corrected chi connectivity index (χ1v) is 9.77. The third kappa shape index (κ3) is 3.33. The normalized spacial score (nSPS) is 27.8. The van der Waals surface area contributed by atoms with E-state index in [-0.39, 0.29) is 18.7 Å². The Morgan fingerprint density at radius 2 is 1.89 bits per heavy atom. The summed E-state index contributed by atoms with van der Waals surface area (Å²) in [6.07, 6.45) is 2.50. The van der Waals surface area contributed by atoms with Gasteiger partial charge in [-0.25, -0.2) is 0 Å². The highest BCUT2D eigenvalue weighted by Gasteiger charge is 2.44. The molecular formula is C20H24N4O4. The molecule has 3 atom stereocenters. The van der Waals surface area contributed by atoms with Crippen molar-refractivity contribution >= 4 is 23.6 Å². The van der Waals surface area contributed by atoms with E-state index in [2.05, 4.69) is 22.9 Å². The van der Waals surface area contributed by atoms with Gasteiger partial charge < -0.3 is 10.6 Å². The zero-order valence-corrected chi connectivity index (χ0v) is 15.8.